The number of ether oxygens (including phenoxy) is 1. The van der Waals surface area contributed by atoms with E-state index in [0.29, 0.717) is 29.9 Å². The van der Waals surface area contributed by atoms with Crippen molar-refractivity contribution in [2.24, 2.45) is 0 Å². The van der Waals surface area contributed by atoms with Gasteiger partial charge in [0.25, 0.3) is 5.91 Å². The van der Waals surface area contributed by atoms with Crippen molar-refractivity contribution < 1.29 is 22.7 Å². The van der Waals surface area contributed by atoms with Gasteiger partial charge in [-0.15, -0.1) is 0 Å². The molecule has 1 fully saturated rings. The molecule has 0 aliphatic carbocycles. The molecule has 1 aliphatic heterocycles. The monoisotopic (exact) mass is 464 g/mol. The molecule has 31 heavy (non-hydrogen) atoms. The molecule has 0 atom stereocenters. The van der Waals surface area contributed by atoms with Crippen molar-refractivity contribution in [1.82, 2.24) is 4.31 Å². The van der Waals surface area contributed by atoms with E-state index in [4.69, 9.17) is 16.3 Å². The van der Waals surface area contributed by atoms with Gasteiger partial charge in [-0.05, 0) is 55.7 Å². The molecular weight excluding hydrogens is 440 g/mol. The number of carbonyl (C=O) groups is 2. The predicted molar refractivity (Wildman–Crippen MR) is 120 cm³/mol. The lowest BCUT2D eigenvalue weighted by atomic mass is 10.1. The molecule has 7 nitrogen and oxygen atoms in total. The van der Waals surface area contributed by atoms with E-state index in [1.165, 1.54) is 12.1 Å². The maximum Gasteiger partial charge on any atom is 0.339 e. The van der Waals surface area contributed by atoms with Gasteiger partial charge in [0.15, 0.2) is 0 Å². The van der Waals surface area contributed by atoms with E-state index in [9.17, 15) is 18.0 Å². The summed E-state index contributed by atoms with van der Waals surface area (Å²) in [5.41, 5.74) is 1.55. The number of anilines is 1. The summed E-state index contributed by atoms with van der Waals surface area (Å²) in [7, 11) is -3.36. The normalized spacial score (nSPS) is 14.8. The van der Waals surface area contributed by atoms with Crippen LogP contribution in [-0.2, 0) is 20.5 Å². The Morgan fingerprint density at radius 1 is 1.06 bits per heavy atom. The molecule has 0 bridgehead atoms. The molecule has 1 amide bonds. The minimum absolute atomic E-state index is 0.0883. The van der Waals surface area contributed by atoms with E-state index in [-0.39, 0.29) is 28.9 Å². The van der Waals surface area contributed by atoms with Gasteiger partial charge in [0, 0.05) is 24.3 Å². The topological polar surface area (TPSA) is 92.8 Å². The summed E-state index contributed by atoms with van der Waals surface area (Å²) < 4.78 is 31.7. The zero-order valence-electron chi connectivity index (χ0n) is 17.3. The first-order valence-electron chi connectivity index (χ1n) is 10.1. The fraction of sp³-hybridized carbons (Fsp3) is 0.364. The van der Waals surface area contributed by atoms with Gasteiger partial charge in [0.05, 0.1) is 22.9 Å². The standard InChI is InChI=1S/C22H25ClN2O5S/c1-2-30-22(27)19-14-18(10-11-20(19)23)24-21(26)17-8-6-16(7-9-17)15-31(28,29)25-12-4-3-5-13-25/h6-11,14H,2-5,12-13,15H2,1H3,(H,24,26). The molecule has 1 saturated heterocycles. The largest absolute Gasteiger partial charge is 0.462 e. The number of sulfonamides is 1. The Balaban J connectivity index is 1.67. The third kappa shape index (κ3) is 6.06. The number of piperidine rings is 1. The average molecular weight is 465 g/mol. The van der Waals surface area contributed by atoms with Gasteiger partial charge in [-0.1, -0.05) is 30.2 Å². The van der Waals surface area contributed by atoms with Crippen molar-refractivity contribution in [2.75, 3.05) is 25.0 Å². The van der Waals surface area contributed by atoms with Crippen LogP contribution >= 0.6 is 11.6 Å². The first-order chi connectivity index (χ1) is 14.8. The number of hydrogen-bond acceptors (Lipinski definition) is 5. The number of nitrogens with zero attached hydrogens (tertiary/aromatic N) is 1. The van der Waals surface area contributed by atoms with E-state index in [2.05, 4.69) is 5.32 Å². The van der Waals surface area contributed by atoms with E-state index in [0.717, 1.165) is 19.3 Å². The highest BCUT2D eigenvalue weighted by Crippen LogP contribution is 2.22. The highest BCUT2D eigenvalue weighted by Gasteiger charge is 2.24. The lowest BCUT2D eigenvalue weighted by Gasteiger charge is -2.25. The van der Waals surface area contributed by atoms with Crippen molar-refractivity contribution in [1.29, 1.82) is 0 Å². The zero-order valence-corrected chi connectivity index (χ0v) is 18.8. The summed E-state index contributed by atoms with van der Waals surface area (Å²) in [4.78, 5) is 24.5. The van der Waals surface area contributed by atoms with Gasteiger partial charge in [-0.3, -0.25) is 4.79 Å². The van der Waals surface area contributed by atoms with Crippen molar-refractivity contribution in [3.8, 4) is 0 Å². The van der Waals surface area contributed by atoms with Crippen LogP contribution in [0.15, 0.2) is 42.5 Å². The molecule has 1 heterocycles. The summed E-state index contributed by atoms with van der Waals surface area (Å²) in [6.45, 7) is 3.04. The van der Waals surface area contributed by atoms with Crippen LogP contribution in [0.5, 0.6) is 0 Å². The Morgan fingerprint density at radius 2 is 1.74 bits per heavy atom. The number of benzene rings is 2. The number of esters is 1. The van der Waals surface area contributed by atoms with Gasteiger partial charge in [-0.2, -0.15) is 0 Å². The van der Waals surface area contributed by atoms with Crippen LogP contribution < -0.4 is 5.32 Å². The van der Waals surface area contributed by atoms with Crippen LogP contribution in [0.3, 0.4) is 0 Å². The van der Waals surface area contributed by atoms with Crippen LogP contribution in [-0.4, -0.2) is 44.3 Å². The Labute approximate surface area is 187 Å². The molecule has 1 aliphatic rings. The van der Waals surface area contributed by atoms with Crippen molar-refractivity contribution in [3.63, 3.8) is 0 Å². The minimum atomic E-state index is -3.36. The number of amides is 1. The maximum atomic E-state index is 12.6. The molecule has 2 aromatic rings. The third-order valence-corrected chi connectivity index (χ3v) is 7.17. The average Bonchev–Trinajstić information content (AvgIpc) is 2.76. The fourth-order valence-electron chi connectivity index (χ4n) is 3.37. The molecule has 0 spiro atoms. The summed E-state index contributed by atoms with van der Waals surface area (Å²) in [5.74, 6) is -1.04. The summed E-state index contributed by atoms with van der Waals surface area (Å²) >= 11 is 6.04. The lowest BCUT2D eigenvalue weighted by molar-refractivity contribution is 0.0526. The summed E-state index contributed by atoms with van der Waals surface area (Å²) in [5, 5.41) is 2.94. The van der Waals surface area contributed by atoms with E-state index in [1.807, 2.05) is 0 Å². The Kier molecular flexibility index (Phi) is 7.69. The second-order valence-corrected chi connectivity index (χ2v) is 9.66. The molecule has 0 saturated carbocycles. The predicted octanol–water partition coefficient (Wildman–Crippen LogP) is 4.08. The number of carbonyl (C=O) groups excluding carboxylic acids is 2. The Bertz CT molecular complexity index is 1050. The Hall–Kier alpha value is -2.42. The number of halogens is 1. The molecular formula is C22H25ClN2O5S. The zero-order chi connectivity index (χ0) is 22.4. The molecule has 9 heteroatoms. The summed E-state index contributed by atoms with van der Waals surface area (Å²) in [6.07, 6.45) is 2.84. The van der Waals surface area contributed by atoms with E-state index >= 15 is 0 Å². The second kappa shape index (κ2) is 10.3. The SMILES string of the molecule is CCOC(=O)c1cc(NC(=O)c2ccc(CS(=O)(=O)N3CCCCC3)cc2)ccc1Cl. The van der Waals surface area contributed by atoms with Crippen LogP contribution in [0.4, 0.5) is 5.69 Å². The highest BCUT2D eigenvalue weighted by atomic mass is 35.5. The second-order valence-electron chi connectivity index (χ2n) is 7.28. The van der Waals surface area contributed by atoms with Crippen LogP contribution in [0.2, 0.25) is 5.02 Å². The first-order valence-corrected chi connectivity index (χ1v) is 12.1. The number of hydrogen-bond donors (Lipinski definition) is 1. The molecule has 166 valence electrons. The quantitative estimate of drug-likeness (QED) is 0.623. The molecule has 3 rings (SSSR count). The van der Waals surface area contributed by atoms with Gasteiger partial charge >= 0.3 is 5.97 Å². The molecule has 0 aromatic heterocycles. The highest BCUT2D eigenvalue weighted by molar-refractivity contribution is 7.88. The van der Waals surface area contributed by atoms with Gasteiger partial charge in [0.2, 0.25) is 10.0 Å². The summed E-state index contributed by atoms with van der Waals surface area (Å²) in [6, 6.07) is 11.0. The van der Waals surface area contributed by atoms with E-state index in [1.54, 1.807) is 41.6 Å². The maximum absolute atomic E-state index is 12.6. The smallest absolute Gasteiger partial charge is 0.339 e. The van der Waals surface area contributed by atoms with Gasteiger partial charge in [0.1, 0.15) is 0 Å². The molecule has 0 radical (unpaired) electrons. The van der Waals surface area contributed by atoms with Crippen molar-refractivity contribution >= 4 is 39.2 Å². The van der Waals surface area contributed by atoms with Crippen LogP contribution in [0, 0.1) is 0 Å². The van der Waals surface area contributed by atoms with E-state index < -0.39 is 16.0 Å². The van der Waals surface area contributed by atoms with Gasteiger partial charge < -0.3 is 10.1 Å². The number of nitrogens with one attached hydrogen (secondary N) is 1. The number of rotatable bonds is 7. The van der Waals surface area contributed by atoms with Crippen molar-refractivity contribution in [3.05, 3.63) is 64.2 Å². The molecule has 0 unspecified atom stereocenters. The molecule has 1 N–H and O–H groups in total. The lowest BCUT2D eigenvalue weighted by Crippen LogP contribution is -2.36. The van der Waals surface area contributed by atoms with Crippen LogP contribution in [0.1, 0.15) is 52.5 Å². The fourth-order valence-corrected chi connectivity index (χ4v) is 5.17. The van der Waals surface area contributed by atoms with Gasteiger partial charge in [-0.25, -0.2) is 17.5 Å². The van der Waals surface area contributed by atoms with Crippen molar-refractivity contribution in [2.45, 2.75) is 31.9 Å². The van der Waals surface area contributed by atoms with Crippen LogP contribution in [0.25, 0.3) is 0 Å². The Morgan fingerprint density at radius 3 is 2.39 bits per heavy atom. The minimum Gasteiger partial charge on any atom is -0.462 e. The third-order valence-electron chi connectivity index (χ3n) is 4.99. The molecule has 2 aromatic carbocycles. The first kappa shape index (κ1) is 23.2.